The molecule has 7 heteroatoms. The van der Waals surface area contributed by atoms with Gasteiger partial charge in [0, 0.05) is 6.04 Å². The van der Waals surface area contributed by atoms with Crippen LogP contribution in [-0.4, -0.2) is 57.6 Å². The number of carboxylic acids is 2. The molecule has 1 unspecified atom stereocenters. The number of amides is 1. The Balaban J connectivity index is 1.69. The maximum atomic E-state index is 13.1. The second kappa shape index (κ2) is 9.19. The lowest BCUT2D eigenvalue weighted by Gasteiger charge is -2.31. The maximum absolute atomic E-state index is 13.1. The molecule has 1 amide bonds. The van der Waals surface area contributed by atoms with Crippen LogP contribution >= 0.6 is 0 Å². The SMILES string of the molecule is O=C(O)CN1C(=O)[C@@H](N[C@@H](CCc2ccccc2)C(=O)O)CCC2CCC[C@H]21. The summed E-state index contributed by atoms with van der Waals surface area (Å²) in [6, 6.07) is 8.10. The van der Waals surface area contributed by atoms with Crippen LogP contribution < -0.4 is 5.32 Å². The van der Waals surface area contributed by atoms with Gasteiger partial charge in [0.15, 0.2) is 0 Å². The molecule has 0 spiro atoms. The van der Waals surface area contributed by atoms with E-state index in [0.29, 0.717) is 25.2 Å². The highest BCUT2D eigenvalue weighted by Gasteiger charge is 2.42. The van der Waals surface area contributed by atoms with Crippen LogP contribution in [0.4, 0.5) is 0 Å². The second-order valence-electron chi connectivity index (χ2n) is 7.83. The maximum Gasteiger partial charge on any atom is 0.323 e. The summed E-state index contributed by atoms with van der Waals surface area (Å²) in [5, 5.41) is 21.9. The molecule has 1 aliphatic carbocycles. The van der Waals surface area contributed by atoms with Crippen molar-refractivity contribution in [1.29, 1.82) is 0 Å². The van der Waals surface area contributed by atoms with E-state index in [2.05, 4.69) is 5.32 Å². The Morgan fingerprint density at radius 1 is 1.11 bits per heavy atom. The van der Waals surface area contributed by atoms with E-state index in [-0.39, 0.29) is 18.5 Å². The smallest absolute Gasteiger partial charge is 0.323 e. The highest BCUT2D eigenvalue weighted by Crippen LogP contribution is 2.36. The standard InChI is InChI=1S/C21H28N2O5/c24-19(25)13-23-18-8-4-7-15(18)10-12-16(20(23)26)22-17(21(27)28)11-9-14-5-2-1-3-6-14/h1-3,5-6,15-18,22H,4,7-13H2,(H,24,25)(H,27,28)/t15?,16-,17-,18+/m0/s1. The molecule has 3 N–H and O–H groups in total. The van der Waals surface area contributed by atoms with Crippen LogP contribution in [0.3, 0.4) is 0 Å². The lowest BCUT2D eigenvalue weighted by Crippen LogP contribution is -2.54. The summed E-state index contributed by atoms with van der Waals surface area (Å²) in [6.07, 6.45) is 5.15. The van der Waals surface area contributed by atoms with Crippen molar-refractivity contribution in [3.63, 3.8) is 0 Å². The van der Waals surface area contributed by atoms with Gasteiger partial charge in [-0.25, -0.2) is 0 Å². The van der Waals surface area contributed by atoms with Crippen LogP contribution in [0.2, 0.25) is 0 Å². The first-order valence-electron chi connectivity index (χ1n) is 10.0. The third-order valence-corrected chi connectivity index (χ3v) is 6.00. The molecule has 2 aliphatic rings. The van der Waals surface area contributed by atoms with Crippen LogP contribution in [0.5, 0.6) is 0 Å². The number of aliphatic carboxylic acids is 2. The Bertz CT molecular complexity index is 708. The summed E-state index contributed by atoms with van der Waals surface area (Å²) in [4.78, 5) is 37.6. The number of hydrogen-bond donors (Lipinski definition) is 3. The predicted molar refractivity (Wildman–Crippen MR) is 103 cm³/mol. The Kier molecular flexibility index (Phi) is 6.67. The first kappa shape index (κ1) is 20.3. The number of carbonyl (C=O) groups is 3. The molecule has 1 saturated carbocycles. The highest BCUT2D eigenvalue weighted by molar-refractivity contribution is 5.86. The van der Waals surface area contributed by atoms with Gasteiger partial charge in [-0.15, -0.1) is 0 Å². The van der Waals surface area contributed by atoms with Crippen molar-refractivity contribution in [2.75, 3.05) is 6.54 Å². The van der Waals surface area contributed by atoms with Gasteiger partial charge in [0.25, 0.3) is 0 Å². The molecule has 0 bridgehead atoms. The Labute approximate surface area is 164 Å². The second-order valence-corrected chi connectivity index (χ2v) is 7.83. The minimum absolute atomic E-state index is 0.0389. The topological polar surface area (TPSA) is 107 Å². The van der Waals surface area contributed by atoms with E-state index in [1.165, 1.54) is 4.90 Å². The zero-order chi connectivity index (χ0) is 20.1. The van der Waals surface area contributed by atoms with Crippen molar-refractivity contribution < 1.29 is 24.6 Å². The lowest BCUT2D eigenvalue weighted by atomic mass is 9.97. The molecule has 1 aromatic rings. The van der Waals surface area contributed by atoms with Crippen LogP contribution in [0, 0.1) is 5.92 Å². The molecular weight excluding hydrogens is 360 g/mol. The Morgan fingerprint density at radius 2 is 1.86 bits per heavy atom. The molecule has 1 aliphatic heterocycles. The van der Waals surface area contributed by atoms with Crippen molar-refractivity contribution in [1.82, 2.24) is 10.2 Å². The molecule has 3 rings (SSSR count). The van der Waals surface area contributed by atoms with E-state index in [9.17, 15) is 24.6 Å². The number of likely N-dealkylation sites (tertiary alicyclic amines) is 1. The van der Waals surface area contributed by atoms with Crippen LogP contribution in [0.15, 0.2) is 30.3 Å². The molecule has 0 radical (unpaired) electrons. The number of nitrogens with one attached hydrogen (secondary N) is 1. The first-order chi connectivity index (χ1) is 13.5. The zero-order valence-electron chi connectivity index (χ0n) is 15.9. The number of rotatable bonds is 8. The number of nitrogens with zero attached hydrogens (tertiary/aromatic N) is 1. The van der Waals surface area contributed by atoms with Gasteiger partial charge in [0.05, 0.1) is 6.04 Å². The molecule has 0 aromatic heterocycles. The number of hydrogen-bond acceptors (Lipinski definition) is 4. The third-order valence-electron chi connectivity index (χ3n) is 6.00. The highest BCUT2D eigenvalue weighted by atomic mass is 16.4. The van der Waals surface area contributed by atoms with Gasteiger partial charge in [-0.05, 0) is 50.0 Å². The molecule has 152 valence electrons. The van der Waals surface area contributed by atoms with E-state index in [1.54, 1.807) is 0 Å². The van der Waals surface area contributed by atoms with Crippen molar-refractivity contribution in [3.05, 3.63) is 35.9 Å². The summed E-state index contributed by atoms with van der Waals surface area (Å²) in [5.74, 6) is -1.98. The van der Waals surface area contributed by atoms with Crippen molar-refractivity contribution in [2.45, 2.75) is 63.1 Å². The van der Waals surface area contributed by atoms with E-state index in [0.717, 1.165) is 31.2 Å². The van der Waals surface area contributed by atoms with Gasteiger partial charge in [-0.2, -0.15) is 0 Å². The molecule has 2 fully saturated rings. The first-order valence-corrected chi connectivity index (χ1v) is 10.0. The minimum atomic E-state index is -1.03. The monoisotopic (exact) mass is 388 g/mol. The third kappa shape index (κ3) is 4.90. The zero-order valence-corrected chi connectivity index (χ0v) is 15.9. The lowest BCUT2D eigenvalue weighted by molar-refractivity contribution is -0.148. The van der Waals surface area contributed by atoms with Gasteiger partial charge in [0.2, 0.25) is 5.91 Å². The molecule has 1 aromatic carbocycles. The van der Waals surface area contributed by atoms with Gasteiger partial charge in [-0.1, -0.05) is 36.8 Å². The summed E-state index contributed by atoms with van der Waals surface area (Å²) in [5.41, 5.74) is 1.05. The summed E-state index contributed by atoms with van der Waals surface area (Å²) in [7, 11) is 0. The molecule has 4 atom stereocenters. The van der Waals surface area contributed by atoms with Crippen LogP contribution in [-0.2, 0) is 20.8 Å². The number of benzene rings is 1. The average molecular weight is 388 g/mol. The number of carboxylic acid groups (broad SMARTS) is 2. The fourth-order valence-corrected chi connectivity index (χ4v) is 4.60. The van der Waals surface area contributed by atoms with Gasteiger partial charge in [-0.3, -0.25) is 19.7 Å². The molecule has 7 nitrogen and oxygen atoms in total. The van der Waals surface area contributed by atoms with E-state index in [1.807, 2.05) is 30.3 Å². The fourth-order valence-electron chi connectivity index (χ4n) is 4.60. The Morgan fingerprint density at radius 3 is 2.54 bits per heavy atom. The van der Waals surface area contributed by atoms with Crippen molar-refractivity contribution >= 4 is 17.8 Å². The van der Waals surface area contributed by atoms with E-state index >= 15 is 0 Å². The normalized spacial score (nSPS) is 25.8. The number of fused-ring (bicyclic) bond motifs is 1. The molecule has 28 heavy (non-hydrogen) atoms. The van der Waals surface area contributed by atoms with Gasteiger partial charge >= 0.3 is 11.9 Å². The summed E-state index contributed by atoms with van der Waals surface area (Å²) in [6.45, 7) is -0.320. The average Bonchev–Trinajstić information content (AvgIpc) is 3.09. The predicted octanol–water partition coefficient (Wildman–Crippen LogP) is 1.91. The van der Waals surface area contributed by atoms with Crippen LogP contribution in [0.1, 0.15) is 44.1 Å². The summed E-state index contributed by atoms with van der Waals surface area (Å²) < 4.78 is 0. The van der Waals surface area contributed by atoms with E-state index in [4.69, 9.17) is 0 Å². The molecule has 1 saturated heterocycles. The number of carbonyl (C=O) groups excluding carboxylic acids is 1. The van der Waals surface area contributed by atoms with E-state index < -0.39 is 24.0 Å². The molecule has 1 heterocycles. The number of aryl methyl sites for hydroxylation is 1. The minimum Gasteiger partial charge on any atom is -0.480 e. The fraction of sp³-hybridized carbons (Fsp3) is 0.571. The van der Waals surface area contributed by atoms with Gasteiger partial charge in [0.1, 0.15) is 12.6 Å². The summed E-state index contributed by atoms with van der Waals surface area (Å²) >= 11 is 0. The Hall–Kier alpha value is -2.41. The van der Waals surface area contributed by atoms with Crippen LogP contribution in [0.25, 0.3) is 0 Å². The van der Waals surface area contributed by atoms with Crippen molar-refractivity contribution in [2.24, 2.45) is 5.92 Å². The largest absolute Gasteiger partial charge is 0.480 e. The van der Waals surface area contributed by atoms with Crippen molar-refractivity contribution in [3.8, 4) is 0 Å². The molecular formula is C21H28N2O5. The van der Waals surface area contributed by atoms with Gasteiger partial charge < -0.3 is 15.1 Å². The quantitative estimate of drug-likeness (QED) is 0.628.